The van der Waals surface area contributed by atoms with Crippen molar-refractivity contribution < 1.29 is 4.74 Å². The van der Waals surface area contributed by atoms with Crippen molar-refractivity contribution in [2.24, 2.45) is 5.92 Å². The van der Waals surface area contributed by atoms with Crippen LogP contribution in [0.3, 0.4) is 0 Å². The molecule has 0 aliphatic carbocycles. The molecule has 106 valence electrons. The summed E-state index contributed by atoms with van der Waals surface area (Å²) in [7, 11) is 0. The van der Waals surface area contributed by atoms with Crippen molar-refractivity contribution in [2.75, 3.05) is 18.5 Å². The molecule has 5 heteroatoms. The molecule has 2 aromatic rings. The molecule has 0 saturated carbocycles. The number of fused-ring (bicyclic) bond motifs is 1. The number of para-hydroxylation sites is 1. The van der Waals surface area contributed by atoms with E-state index in [9.17, 15) is 0 Å². The van der Waals surface area contributed by atoms with E-state index in [1.807, 2.05) is 12.1 Å². The first kappa shape index (κ1) is 13.4. The second-order valence-electron chi connectivity index (χ2n) is 5.55. The Balaban J connectivity index is 1.69. The molecular weight excluding hydrogens is 270 g/mol. The van der Waals surface area contributed by atoms with Crippen LogP contribution in [-0.2, 0) is 6.42 Å². The number of nitrogens with zero attached hydrogens (tertiary/aromatic N) is 2. The molecule has 0 bridgehead atoms. The molecule has 0 amide bonds. The van der Waals surface area contributed by atoms with Gasteiger partial charge in [0.2, 0.25) is 5.13 Å². The van der Waals surface area contributed by atoms with E-state index in [1.165, 1.54) is 17.1 Å². The first-order valence-electron chi connectivity index (χ1n) is 7.00. The van der Waals surface area contributed by atoms with Crippen molar-refractivity contribution in [3.05, 3.63) is 35.7 Å². The summed E-state index contributed by atoms with van der Waals surface area (Å²) in [6, 6.07) is 8.20. The number of aromatic nitrogens is 2. The Bertz CT molecular complexity index is 582. The van der Waals surface area contributed by atoms with Crippen LogP contribution in [0.2, 0.25) is 0 Å². The predicted octanol–water partition coefficient (Wildman–Crippen LogP) is 3.32. The second kappa shape index (κ2) is 5.79. The van der Waals surface area contributed by atoms with Crippen LogP contribution in [0.15, 0.2) is 24.3 Å². The van der Waals surface area contributed by atoms with Gasteiger partial charge in [-0.05, 0) is 24.0 Å². The quantitative estimate of drug-likeness (QED) is 0.938. The van der Waals surface area contributed by atoms with Gasteiger partial charge in [0.1, 0.15) is 5.75 Å². The molecule has 20 heavy (non-hydrogen) atoms. The van der Waals surface area contributed by atoms with Crippen LogP contribution in [0.4, 0.5) is 5.13 Å². The van der Waals surface area contributed by atoms with Crippen molar-refractivity contribution in [3.63, 3.8) is 0 Å². The zero-order valence-electron chi connectivity index (χ0n) is 11.8. The Morgan fingerprint density at radius 2 is 2.25 bits per heavy atom. The standard InChI is InChI=1S/C15H19N3OS/c1-10(2)8-16-15-17-14(18-20-15)12-7-11-5-3-4-6-13(11)19-9-12/h3-6,10,12H,7-9H2,1-2H3,(H,16,17,18). The van der Waals surface area contributed by atoms with Crippen LogP contribution in [0.25, 0.3) is 0 Å². The minimum atomic E-state index is 0.260. The van der Waals surface area contributed by atoms with Gasteiger partial charge in [0.25, 0.3) is 0 Å². The maximum absolute atomic E-state index is 5.80. The fourth-order valence-electron chi connectivity index (χ4n) is 2.26. The normalized spacial score (nSPS) is 17.6. The second-order valence-corrected chi connectivity index (χ2v) is 6.30. The number of hydrogen-bond donors (Lipinski definition) is 1. The number of benzene rings is 1. The third-order valence-corrected chi connectivity index (χ3v) is 4.03. The Morgan fingerprint density at radius 1 is 1.40 bits per heavy atom. The maximum atomic E-state index is 5.80. The highest BCUT2D eigenvalue weighted by atomic mass is 32.1. The van der Waals surface area contributed by atoms with E-state index in [1.54, 1.807) is 0 Å². The van der Waals surface area contributed by atoms with Gasteiger partial charge in [0, 0.05) is 18.1 Å². The molecule has 1 N–H and O–H groups in total. The van der Waals surface area contributed by atoms with Crippen LogP contribution in [0.1, 0.15) is 31.2 Å². The lowest BCUT2D eigenvalue weighted by atomic mass is 9.96. The Kier molecular flexibility index (Phi) is 3.87. The van der Waals surface area contributed by atoms with Crippen LogP contribution < -0.4 is 10.1 Å². The minimum Gasteiger partial charge on any atom is -0.493 e. The molecule has 1 atom stereocenters. The van der Waals surface area contributed by atoms with Gasteiger partial charge in [0.15, 0.2) is 5.82 Å². The summed E-state index contributed by atoms with van der Waals surface area (Å²) >= 11 is 1.44. The first-order valence-corrected chi connectivity index (χ1v) is 7.78. The van der Waals surface area contributed by atoms with Gasteiger partial charge in [-0.2, -0.15) is 4.37 Å². The predicted molar refractivity (Wildman–Crippen MR) is 81.6 cm³/mol. The van der Waals surface area contributed by atoms with Crippen molar-refractivity contribution in [1.29, 1.82) is 0 Å². The highest BCUT2D eigenvalue weighted by Crippen LogP contribution is 2.31. The van der Waals surface area contributed by atoms with Crippen molar-refractivity contribution in [3.8, 4) is 5.75 Å². The van der Waals surface area contributed by atoms with Gasteiger partial charge in [-0.1, -0.05) is 32.0 Å². The highest BCUT2D eigenvalue weighted by Gasteiger charge is 2.24. The Morgan fingerprint density at radius 3 is 3.10 bits per heavy atom. The molecule has 0 radical (unpaired) electrons. The molecule has 0 fully saturated rings. The van der Waals surface area contributed by atoms with E-state index >= 15 is 0 Å². The summed E-state index contributed by atoms with van der Waals surface area (Å²) in [5.41, 5.74) is 1.25. The molecule has 1 unspecified atom stereocenters. The topological polar surface area (TPSA) is 47.0 Å². The molecule has 2 heterocycles. The smallest absolute Gasteiger partial charge is 0.202 e. The van der Waals surface area contributed by atoms with Crippen LogP contribution in [-0.4, -0.2) is 22.5 Å². The summed E-state index contributed by atoms with van der Waals surface area (Å²) in [5, 5.41) is 4.24. The molecule has 0 saturated heterocycles. The van der Waals surface area contributed by atoms with Gasteiger partial charge in [-0.25, -0.2) is 4.98 Å². The first-order chi connectivity index (χ1) is 9.72. The molecule has 1 aliphatic rings. The lowest BCUT2D eigenvalue weighted by Gasteiger charge is -2.23. The summed E-state index contributed by atoms with van der Waals surface area (Å²) in [6.07, 6.45) is 0.955. The van der Waals surface area contributed by atoms with Crippen LogP contribution >= 0.6 is 11.5 Å². The number of rotatable bonds is 4. The van der Waals surface area contributed by atoms with Crippen molar-refractivity contribution in [2.45, 2.75) is 26.2 Å². The molecular formula is C15H19N3OS. The number of hydrogen-bond acceptors (Lipinski definition) is 5. The SMILES string of the molecule is CC(C)CNc1nc(C2COc3ccccc3C2)ns1. The maximum Gasteiger partial charge on any atom is 0.202 e. The monoisotopic (exact) mass is 289 g/mol. The minimum absolute atomic E-state index is 0.260. The van der Waals surface area contributed by atoms with E-state index < -0.39 is 0 Å². The zero-order chi connectivity index (χ0) is 13.9. The van der Waals surface area contributed by atoms with Gasteiger partial charge in [-0.3, -0.25) is 0 Å². The number of anilines is 1. The third-order valence-electron chi connectivity index (χ3n) is 3.35. The third kappa shape index (κ3) is 2.93. The molecule has 3 rings (SSSR count). The number of nitrogens with one attached hydrogen (secondary N) is 1. The largest absolute Gasteiger partial charge is 0.493 e. The Labute approximate surface area is 123 Å². The molecule has 1 aliphatic heterocycles. The lowest BCUT2D eigenvalue weighted by Crippen LogP contribution is -2.20. The van der Waals surface area contributed by atoms with Crippen LogP contribution in [0.5, 0.6) is 5.75 Å². The fourth-order valence-corrected chi connectivity index (χ4v) is 2.91. The highest BCUT2D eigenvalue weighted by molar-refractivity contribution is 7.09. The van der Waals surface area contributed by atoms with Gasteiger partial charge in [0.05, 0.1) is 12.5 Å². The van der Waals surface area contributed by atoms with Gasteiger partial charge >= 0.3 is 0 Å². The molecule has 0 spiro atoms. The fraction of sp³-hybridized carbons (Fsp3) is 0.467. The van der Waals surface area contributed by atoms with Crippen LogP contribution in [0, 0.1) is 5.92 Å². The molecule has 1 aromatic heterocycles. The van der Waals surface area contributed by atoms with E-state index in [4.69, 9.17) is 4.74 Å². The summed E-state index contributed by atoms with van der Waals surface area (Å²) in [4.78, 5) is 4.60. The molecule has 1 aromatic carbocycles. The average Bonchev–Trinajstić information content (AvgIpc) is 2.93. The van der Waals surface area contributed by atoms with Gasteiger partial charge in [-0.15, -0.1) is 0 Å². The summed E-state index contributed by atoms with van der Waals surface area (Å²) in [6.45, 7) is 5.96. The van der Waals surface area contributed by atoms with E-state index in [2.05, 4.69) is 40.7 Å². The van der Waals surface area contributed by atoms with E-state index in [0.29, 0.717) is 12.5 Å². The van der Waals surface area contributed by atoms with E-state index in [-0.39, 0.29) is 5.92 Å². The van der Waals surface area contributed by atoms with Crippen molar-refractivity contribution in [1.82, 2.24) is 9.36 Å². The molecule has 4 nitrogen and oxygen atoms in total. The van der Waals surface area contributed by atoms with Gasteiger partial charge < -0.3 is 10.1 Å². The lowest BCUT2D eigenvalue weighted by molar-refractivity contribution is 0.258. The summed E-state index contributed by atoms with van der Waals surface area (Å²) < 4.78 is 10.3. The van der Waals surface area contributed by atoms with E-state index in [0.717, 1.165) is 29.7 Å². The Hall–Kier alpha value is -1.62. The average molecular weight is 289 g/mol. The summed E-state index contributed by atoms with van der Waals surface area (Å²) in [5.74, 6) is 2.76. The number of ether oxygens (including phenoxy) is 1. The van der Waals surface area contributed by atoms with Crippen molar-refractivity contribution >= 4 is 16.7 Å². The zero-order valence-corrected chi connectivity index (χ0v) is 12.6.